The van der Waals surface area contributed by atoms with E-state index in [1.807, 2.05) is 49.4 Å². The molecule has 0 heterocycles. The lowest BCUT2D eigenvalue weighted by molar-refractivity contribution is -0.114. The van der Waals surface area contributed by atoms with Crippen molar-refractivity contribution in [3.05, 3.63) is 48.0 Å². The standard InChI is InChI=1S/C18H22N2O3/c1-4-23-18-14(6-5-7-17(18)22-3)12-19-15-8-10-16(11-9-15)20-13(2)21/h5-11,19H,4,12H2,1-3H3,(H,20,21). The van der Waals surface area contributed by atoms with Crippen molar-refractivity contribution in [1.29, 1.82) is 0 Å². The second kappa shape index (κ2) is 8.08. The van der Waals surface area contributed by atoms with Crippen LogP contribution in [-0.2, 0) is 11.3 Å². The number of ether oxygens (including phenoxy) is 2. The molecule has 0 spiro atoms. The number of anilines is 2. The van der Waals surface area contributed by atoms with Gasteiger partial charge in [-0.15, -0.1) is 0 Å². The number of methoxy groups -OCH3 is 1. The van der Waals surface area contributed by atoms with Gasteiger partial charge in [-0.05, 0) is 37.3 Å². The molecule has 5 heteroatoms. The van der Waals surface area contributed by atoms with E-state index in [0.717, 1.165) is 28.4 Å². The first kappa shape index (κ1) is 16.7. The number of rotatable bonds is 7. The minimum Gasteiger partial charge on any atom is -0.493 e. The highest BCUT2D eigenvalue weighted by molar-refractivity contribution is 5.88. The maximum atomic E-state index is 11.0. The predicted octanol–water partition coefficient (Wildman–Crippen LogP) is 3.66. The topological polar surface area (TPSA) is 59.6 Å². The molecule has 0 aliphatic heterocycles. The van der Waals surface area contributed by atoms with Crippen molar-refractivity contribution < 1.29 is 14.3 Å². The fourth-order valence-electron chi connectivity index (χ4n) is 2.24. The van der Waals surface area contributed by atoms with Gasteiger partial charge in [-0.1, -0.05) is 12.1 Å². The average molecular weight is 314 g/mol. The highest BCUT2D eigenvalue weighted by Crippen LogP contribution is 2.31. The summed E-state index contributed by atoms with van der Waals surface area (Å²) in [4.78, 5) is 11.0. The number of nitrogens with one attached hydrogen (secondary N) is 2. The maximum absolute atomic E-state index is 11.0. The van der Waals surface area contributed by atoms with Gasteiger partial charge in [0, 0.05) is 30.4 Å². The molecule has 0 fully saturated rings. The van der Waals surface area contributed by atoms with E-state index in [0.29, 0.717) is 13.2 Å². The minimum atomic E-state index is -0.0801. The first-order valence-electron chi connectivity index (χ1n) is 7.54. The third-order valence-corrected chi connectivity index (χ3v) is 3.26. The predicted molar refractivity (Wildman–Crippen MR) is 92.2 cm³/mol. The fourth-order valence-corrected chi connectivity index (χ4v) is 2.24. The minimum absolute atomic E-state index is 0.0801. The van der Waals surface area contributed by atoms with Crippen LogP contribution in [0.3, 0.4) is 0 Å². The summed E-state index contributed by atoms with van der Waals surface area (Å²) >= 11 is 0. The Morgan fingerprint density at radius 3 is 2.39 bits per heavy atom. The molecule has 0 saturated carbocycles. The van der Waals surface area contributed by atoms with Crippen molar-refractivity contribution in [2.24, 2.45) is 0 Å². The Morgan fingerprint density at radius 1 is 1.09 bits per heavy atom. The van der Waals surface area contributed by atoms with Crippen molar-refractivity contribution >= 4 is 17.3 Å². The van der Waals surface area contributed by atoms with E-state index < -0.39 is 0 Å². The number of hydrogen-bond donors (Lipinski definition) is 2. The van der Waals surface area contributed by atoms with Crippen LogP contribution in [-0.4, -0.2) is 19.6 Å². The lowest BCUT2D eigenvalue weighted by Gasteiger charge is -2.15. The normalized spacial score (nSPS) is 10.0. The Balaban J connectivity index is 2.07. The third-order valence-electron chi connectivity index (χ3n) is 3.26. The summed E-state index contributed by atoms with van der Waals surface area (Å²) in [5.74, 6) is 1.41. The van der Waals surface area contributed by atoms with E-state index in [4.69, 9.17) is 9.47 Å². The summed E-state index contributed by atoms with van der Waals surface area (Å²) in [5, 5.41) is 6.09. The zero-order valence-corrected chi connectivity index (χ0v) is 13.7. The van der Waals surface area contributed by atoms with E-state index >= 15 is 0 Å². The average Bonchev–Trinajstić information content (AvgIpc) is 2.55. The molecule has 2 rings (SSSR count). The Bertz CT molecular complexity index is 654. The summed E-state index contributed by atoms with van der Waals surface area (Å²) in [7, 11) is 1.63. The Hall–Kier alpha value is -2.69. The molecule has 0 saturated heterocycles. The number of benzene rings is 2. The van der Waals surface area contributed by atoms with Gasteiger partial charge in [0.05, 0.1) is 13.7 Å². The van der Waals surface area contributed by atoms with E-state index in [9.17, 15) is 4.79 Å². The SMILES string of the molecule is CCOc1c(CNc2ccc(NC(C)=O)cc2)cccc1OC. The second-order valence-electron chi connectivity index (χ2n) is 4.99. The molecule has 0 unspecified atom stereocenters. The first-order chi connectivity index (χ1) is 11.1. The summed E-state index contributed by atoms with van der Waals surface area (Å²) in [5.41, 5.74) is 2.76. The van der Waals surface area contributed by atoms with Crippen LogP contribution in [0.15, 0.2) is 42.5 Å². The van der Waals surface area contributed by atoms with E-state index in [1.54, 1.807) is 7.11 Å². The van der Waals surface area contributed by atoms with Crippen molar-refractivity contribution in [3.8, 4) is 11.5 Å². The Kier molecular flexibility index (Phi) is 5.86. The Morgan fingerprint density at radius 2 is 1.78 bits per heavy atom. The van der Waals surface area contributed by atoms with Crippen LogP contribution in [0, 0.1) is 0 Å². The van der Waals surface area contributed by atoms with Gasteiger partial charge < -0.3 is 20.1 Å². The third kappa shape index (κ3) is 4.64. The molecule has 122 valence electrons. The van der Waals surface area contributed by atoms with Crippen LogP contribution in [0.4, 0.5) is 11.4 Å². The van der Waals surface area contributed by atoms with Crippen molar-refractivity contribution in [1.82, 2.24) is 0 Å². The van der Waals surface area contributed by atoms with Crippen LogP contribution in [0.5, 0.6) is 11.5 Å². The van der Waals surface area contributed by atoms with Crippen molar-refractivity contribution in [2.45, 2.75) is 20.4 Å². The highest BCUT2D eigenvalue weighted by Gasteiger charge is 2.09. The van der Waals surface area contributed by atoms with Gasteiger partial charge in [0.15, 0.2) is 11.5 Å². The smallest absolute Gasteiger partial charge is 0.221 e. The van der Waals surface area contributed by atoms with Gasteiger partial charge in [0.25, 0.3) is 0 Å². The van der Waals surface area contributed by atoms with Gasteiger partial charge in [-0.25, -0.2) is 0 Å². The summed E-state index contributed by atoms with van der Waals surface area (Å²) < 4.78 is 11.0. The molecular weight excluding hydrogens is 292 g/mol. The molecule has 2 N–H and O–H groups in total. The number of amides is 1. The van der Waals surface area contributed by atoms with Crippen LogP contribution >= 0.6 is 0 Å². The molecule has 0 aliphatic carbocycles. The van der Waals surface area contributed by atoms with Gasteiger partial charge in [0.1, 0.15) is 0 Å². The maximum Gasteiger partial charge on any atom is 0.221 e. The summed E-state index contributed by atoms with van der Waals surface area (Å²) in [6, 6.07) is 13.4. The number of carbonyl (C=O) groups is 1. The number of carbonyl (C=O) groups excluding carboxylic acids is 1. The van der Waals surface area contributed by atoms with E-state index in [1.165, 1.54) is 6.92 Å². The summed E-state index contributed by atoms with van der Waals surface area (Å²) in [6.07, 6.45) is 0. The van der Waals surface area contributed by atoms with Crippen LogP contribution in [0.2, 0.25) is 0 Å². The zero-order valence-electron chi connectivity index (χ0n) is 13.7. The lowest BCUT2D eigenvalue weighted by atomic mass is 10.1. The molecule has 1 amide bonds. The molecule has 0 atom stereocenters. The van der Waals surface area contributed by atoms with E-state index in [-0.39, 0.29) is 5.91 Å². The number of hydrogen-bond acceptors (Lipinski definition) is 4. The van der Waals surface area contributed by atoms with Gasteiger partial charge >= 0.3 is 0 Å². The van der Waals surface area contributed by atoms with Crippen LogP contribution < -0.4 is 20.1 Å². The van der Waals surface area contributed by atoms with Crippen molar-refractivity contribution in [2.75, 3.05) is 24.4 Å². The largest absolute Gasteiger partial charge is 0.493 e. The van der Waals surface area contributed by atoms with Gasteiger partial charge in [-0.2, -0.15) is 0 Å². The Labute approximate surface area is 136 Å². The number of para-hydroxylation sites is 1. The van der Waals surface area contributed by atoms with Crippen molar-refractivity contribution in [3.63, 3.8) is 0 Å². The van der Waals surface area contributed by atoms with Crippen LogP contribution in [0.1, 0.15) is 19.4 Å². The molecule has 0 aliphatic rings. The van der Waals surface area contributed by atoms with Crippen LogP contribution in [0.25, 0.3) is 0 Å². The molecule has 0 radical (unpaired) electrons. The monoisotopic (exact) mass is 314 g/mol. The molecule has 5 nitrogen and oxygen atoms in total. The lowest BCUT2D eigenvalue weighted by Crippen LogP contribution is -2.06. The summed E-state index contributed by atoms with van der Waals surface area (Å²) in [6.45, 7) is 4.64. The second-order valence-corrected chi connectivity index (χ2v) is 4.99. The molecule has 0 bridgehead atoms. The molecule has 0 aromatic heterocycles. The molecule has 2 aromatic rings. The first-order valence-corrected chi connectivity index (χ1v) is 7.54. The fraction of sp³-hybridized carbons (Fsp3) is 0.278. The molecule has 23 heavy (non-hydrogen) atoms. The van der Waals surface area contributed by atoms with Gasteiger partial charge in [0.2, 0.25) is 5.91 Å². The highest BCUT2D eigenvalue weighted by atomic mass is 16.5. The quantitative estimate of drug-likeness (QED) is 0.819. The van der Waals surface area contributed by atoms with E-state index in [2.05, 4.69) is 10.6 Å². The van der Waals surface area contributed by atoms with Gasteiger partial charge in [-0.3, -0.25) is 4.79 Å². The molecule has 2 aromatic carbocycles. The molecular formula is C18H22N2O3. The zero-order chi connectivity index (χ0) is 16.7.